The highest BCUT2D eigenvalue weighted by atomic mass is 19.4. The van der Waals surface area contributed by atoms with Crippen molar-refractivity contribution in [1.29, 1.82) is 0 Å². The van der Waals surface area contributed by atoms with Gasteiger partial charge in [0.05, 0.1) is 31.5 Å². The Morgan fingerprint density at radius 2 is 1.97 bits per heavy atom. The summed E-state index contributed by atoms with van der Waals surface area (Å²) in [5.41, 5.74) is 2.19. The molecule has 1 N–H and O–H groups in total. The van der Waals surface area contributed by atoms with E-state index in [4.69, 9.17) is 14.2 Å². The quantitative estimate of drug-likeness (QED) is 0.651. The van der Waals surface area contributed by atoms with Crippen LogP contribution in [-0.2, 0) is 22.5 Å². The second kappa shape index (κ2) is 9.38. The molecule has 0 spiro atoms. The van der Waals surface area contributed by atoms with Crippen LogP contribution in [0.5, 0.6) is 5.75 Å². The molecule has 172 valence electrons. The number of amides is 1. The Morgan fingerprint density at radius 1 is 1.19 bits per heavy atom. The molecule has 0 aromatic heterocycles. The summed E-state index contributed by atoms with van der Waals surface area (Å²) in [6.45, 7) is -0.541. The van der Waals surface area contributed by atoms with Gasteiger partial charge in [0.1, 0.15) is 11.9 Å². The number of cyclic esters (lactones) is 1. The summed E-state index contributed by atoms with van der Waals surface area (Å²) in [4.78, 5) is 13.7. The number of carbonyl (C=O) groups is 1. The van der Waals surface area contributed by atoms with E-state index in [2.05, 4.69) is 0 Å². The Labute approximate surface area is 183 Å². The predicted molar refractivity (Wildman–Crippen MR) is 110 cm³/mol. The Morgan fingerprint density at radius 3 is 2.69 bits per heavy atom. The minimum atomic E-state index is -4.50. The summed E-state index contributed by atoms with van der Waals surface area (Å²) in [7, 11) is 0. The van der Waals surface area contributed by atoms with Crippen LogP contribution in [0.3, 0.4) is 0 Å². The molecule has 0 aliphatic carbocycles. The number of hydrogen-bond donors (Lipinski definition) is 1. The van der Waals surface area contributed by atoms with Crippen LogP contribution in [-0.4, -0.2) is 48.8 Å². The molecule has 1 amide bonds. The zero-order valence-corrected chi connectivity index (χ0v) is 17.3. The van der Waals surface area contributed by atoms with Crippen molar-refractivity contribution in [2.45, 2.75) is 50.3 Å². The van der Waals surface area contributed by atoms with Crippen LogP contribution in [0.15, 0.2) is 48.5 Å². The fraction of sp³-hybridized carbons (Fsp3) is 0.435. The molecule has 2 aliphatic heterocycles. The second-order valence-electron chi connectivity index (χ2n) is 7.84. The molecule has 32 heavy (non-hydrogen) atoms. The van der Waals surface area contributed by atoms with Gasteiger partial charge >= 0.3 is 12.3 Å². The molecule has 6 nitrogen and oxygen atoms in total. The van der Waals surface area contributed by atoms with Crippen molar-refractivity contribution in [3.05, 3.63) is 59.7 Å². The molecular weight excluding hydrogens is 427 g/mol. The monoisotopic (exact) mass is 451 g/mol. The summed E-state index contributed by atoms with van der Waals surface area (Å²) < 4.78 is 55.9. The number of halogens is 3. The van der Waals surface area contributed by atoms with E-state index in [0.29, 0.717) is 29.8 Å². The number of aliphatic hydroxyl groups excluding tert-OH is 1. The van der Waals surface area contributed by atoms with E-state index in [1.54, 1.807) is 48.5 Å². The molecule has 4 rings (SSSR count). The van der Waals surface area contributed by atoms with Crippen molar-refractivity contribution in [3.8, 4) is 5.75 Å². The molecule has 2 heterocycles. The highest BCUT2D eigenvalue weighted by Gasteiger charge is 2.45. The first-order chi connectivity index (χ1) is 15.4. The fourth-order valence-electron chi connectivity index (χ4n) is 4.10. The number of nitrogens with zero attached hydrogens (tertiary/aromatic N) is 1. The molecule has 9 heteroatoms. The van der Waals surface area contributed by atoms with Crippen LogP contribution in [0, 0.1) is 0 Å². The lowest BCUT2D eigenvalue weighted by Crippen LogP contribution is -2.41. The van der Waals surface area contributed by atoms with Crippen molar-refractivity contribution in [2.24, 2.45) is 0 Å². The lowest BCUT2D eigenvalue weighted by molar-refractivity contribution is -0.226. The zero-order chi connectivity index (χ0) is 22.7. The molecule has 2 aromatic carbocycles. The molecule has 0 saturated carbocycles. The zero-order valence-electron chi connectivity index (χ0n) is 17.3. The van der Waals surface area contributed by atoms with Gasteiger partial charge in [-0.05, 0) is 42.2 Å². The molecule has 2 aromatic rings. The van der Waals surface area contributed by atoms with Gasteiger partial charge in [0, 0.05) is 6.42 Å². The van der Waals surface area contributed by atoms with E-state index in [9.17, 15) is 23.1 Å². The largest absolute Gasteiger partial charge is 0.493 e. The molecule has 2 aliphatic rings. The predicted octanol–water partition coefficient (Wildman–Crippen LogP) is 4.24. The maximum Gasteiger partial charge on any atom is 0.415 e. The number of ether oxygens (including phenoxy) is 3. The van der Waals surface area contributed by atoms with Gasteiger partial charge in [-0.2, -0.15) is 13.2 Å². The topological polar surface area (TPSA) is 68.2 Å². The Balaban J connectivity index is 1.36. The van der Waals surface area contributed by atoms with E-state index >= 15 is 0 Å². The van der Waals surface area contributed by atoms with Crippen LogP contribution in [0.1, 0.15) is 24.0 Å². The molecule has 3 unspecified atom stereocenters. The number of aliphatic hydroxyl groups is 1. The van der Waals surface area contributed by atoms with E-state index in [1.807, 2.05) is 0 Å². The maximum atomic E-state index is 13.3. The highest BCUT2D eigenvalue weighted by molar-refractivity contribution is 5.92. The number of carbonyl (C=O) groups excluding carboxylic acids is 1. The maximum absolute atomic E-state index is 13.3. The van der Waals surface area contributed by atoms with Gasteiger partial charge in [0.25, 0.3) is 0 Å². The summed E-state index contributed by atoms with van der Waals surface area (Å²) in [5, 5.41) is 9.40. The average molecular weight is 451 g/mol. The average Bonchev–Trinajstić information content (AvgIpc) is 3.11. The minimum Gasteiger partial charge on any atom is -0.493 e. The van der Waals surface area contributed by atoms with Gasteiger partial charge in [-0.15, -0.1) is 0 Å². The smallest absolute Gasteiger partial charge is 0.415 e. The van der Waals surface area contributed by atoms with Crippen LogP contribution in [0.25, 0.3) is 0 Å². The summed E-state index contributed by atoms with van der Waals surface area (Å²) >= 11 is 0. The molecule has 1 saturated heterocycles. The summed E-state index contributed by atoms with van der Waals surface area (Å²) in [5.74, 6) is 0.428. The van der Waals surface area contributed by atoms with Crippen LogP contribution >= 0.6 is 0 Å². The lowest BCUT2D eigenvalue weighted by Gasteiger charge is -2.31. The summed E-state index contributed by atoms with van der Waals surface area (Å²) in [6.07, 6.45) is -6.57. The van der Waals surface area contributed by atoms with Crippen molar-refractivity contribution in [2.75, 3.05) is 18.1 Å². The van der Waals surface area contributed by atoms with Crippen molar-refractivity contribution in [1.82, 2.24) is 0 Å². The van der Waals surface area contributed by atoms with Gasteiger partial charge < -0.3 is 19.3 Å². The third kappa shape index (κ3) is 4.83. The van der Waals surface area contributed by atoms with E-state index in [-0.39, 0.29) is 32.3 Å². The number of alkyl halides is 3. The van der Waals surface area contributed by atoms with Crippen molar-refractivity contribution in [3.63, 3.8) is 0 Å². The molecule has 3 atom stereocenters. The minimum absolute atomic E-state index is 0.133. The van der Waals surface area contributed by atoms with Gasteiger partial charge in [-0.3, -0.25) is 4.90 Å². The number of anilines is 1. The third-order valence-electron chi connectivity index (χ3n) is 5.72. The molecule has 0 bridgehead atoms. The van der Waals surface area contributed by atoms with Crippen LogP contribution in [0.2, 0.25) is 0 Å². The van der Waals surface area contributed by atoms with Crippen LogP contribution in [0.4, 0.5) is 23.7 Å². The lowest BCUT2D eigenvalue weighted by atomic mass is 9.94. The first-order valence-electron chi connectivity index (χ1n) is 10.5. The van der Waals surface area contributed by atoms with E-state index in [1.165, 1.54) is 4.90 Å². The van der Waals surface area contributed by atoms with E-state index < -0.39 is 24.5 Å². The van der Waals surface area contributed by atoms with Crippen LogP contribution < -0.4 is 9.64 Å². The number of rotatable bonds is 8. The number of fused-ring (bicyclic) bond motifs is 3. The highest BCUT2D eigenvalue weighted by Crippen LogP contribution is 2.38. The first kappa shape index (κ1) is 22.4. The Bertz CT molecular complexity index is 937. The third-order valence-corrected chi connectivity index (χ3v) is 5.72. The van der Waals surface area contributed by atoms with E-state index in [0.717, 1.165) is 5.56 Å². The normalized spacial score (nSPS) is 21.0. The van der Waals surface area contributed by atoms with Gasteiger partial charge in [0.15, 0.2) is 6.10 Å². The van der Waals surface area contributed by atoms with Gasteiger partial charge in [-0.25, -0.2) is 4.79 Å². The fourth-order valence-corrected chi connectivity index (χ4v) is 4.10. The van der Waals surface area contributed by atoms with Gasteiger partial charge in [0.2, 0.25) is 0 Å². The number of hydrogen-bond acceptors (Lipinski definition) is 5. The van der Waals surface area contributed by atoms with Crippen molar-refractivity contribution < 1.29 is 37.3 Å². The van der Waals surface area contributed by atoms with Gasteiger partial charge in [-0.1, -0.05) is 30.3 Å². The SMILES string of the molecule is O=C1OC(CO)C2CCc3cc(OCCC(OCc4ccccc4)C(F)(F)F)ccc3N12. The number of aryl methyl sites for hydroxylation is 1. The van der Waals surface area contributed by atoms with Crippen molar-refractivity contribution >= 4 is 11.8 Å². The first-order valence-corrected chi connectivity index (χ1v) is 10.5. The standard InChI is InChI=1S/C23H24F3NO5/c24-23(25,26)21(31-14-15-4-2-1-3-5-15)10-11-30-17-7-9-18-16(12-17)6-8-19-20(13-28)32-22(29)27(18)19/h1-5,7,9,12,19-21,28H,6,8,10-11,13-14H2. The Kier molecular flexibility index (Phi) is 6.57. The molecular formula is C23H24F3NO5. The molecule has 1 fully saturated rings. The number of benzene rings is 2. The summed E-state index contributed by atoms with van der Waals surface area (Å²) in [6, 6.07) is 13.5. The second-order valence-corrected chi connectivity index (χ2v) is 7.84. The Hall–Kier alpha value is -2.78. The molecule has 0 radical (unpaired) electrons.